The van der Waals surface area contributed by atoms with Gasteiger partial charge < -0.3 is 15.5 Å². The van der Waals surface area contributed by atoms with Crippen LogP contribution in [0.15, 0.2) is 24.3 Å². The van der Waals surface area contributed by atoms with Crippen LogP contribution in [0.3, 0.4) is 0 Å². The Labute approximate surface area is 142 Å². The molecule has 20 heavy (non-hydrogen) atoms. The first-order valence-corrected chi connectivity index (χ1v) is 7.94. The molecule has 106 valence electrons. The molecule has 0 saturated heterocycles. The van der Waals surface area contributed by atoms with E-state index < -0.39 is 17.8 Å². The molecule has 0 spiro atoms. The number of hydrogen-bond acceptors (Lipinski definition) is 3. The summed E-state index contributed by atoms with van der Waals surface area (Å²) in [4.78, 5) is 23.0. The van der Waals surface area contributed by atoms with E-state index >= 15 is 0 Å². The molecule has 2 atom stereocenters. The average Bonchev–Trinajstić information content (AvgIpc) is 2.82. The average molecular weight is 499 g/mol. The smallest absolute Gasteiger partial charge is 0.310 e. The van der Waals surface area contributed by atoms with Gasteiger partial charge in [-0.05, 0) is 63.7 Å². The van der Waals surface area contributed by atoms with E-state index in [1.165, 1.54) is 0 Å². The first-order chi connectivity index (χ1) is 9.38. The molecule has 0 fully saturated rings. The number of carbonyl (C=O) groups is 2. The molecule has 0 radical (unpaired) electrons. The van der Waals surface area contributed by atoms with Crippen molar-refractivity contribution in [1.82, 2.24) is 5.32 Å². The minimum Gasteiger partial charge on any atom is -0.506 e. The van der Waals surface area contributed by atoms with Crippen LogP contribution >= 0.6 is 45.2 Å². The molecule has 0 saturated carbocycles. The van der Waals surface area contributed by atoms with Crippen molar-refractivity contribution < 1.29 is 19.8 Å². The summed E-state index contributed by atoms with van der Waals surface area (Å²) in [5.41, 5.74) is 0.202. The molecule has 2 rings (SSSR count). The Morgan fingerprint density at radius 1 is 1.25 bits per heavy atom. The highest BCUT2D eigenvalue weighted by Gasteiger charge is 2.26. The first kappa shape index (κ1) is 15.5. The van der Waals surface area contributed by atoms with Crippen LogP contribution in [0.2, 0.25) is 0 Å². The van der Waals surface area contributed by atoms with Gasteiger partial charge in [0.25, 0.3) is 5.91 Å². The van der Waals surface area contributed by atoms with Crippen LogP contribution in [0, 0.1) is 13.1 Å². The van der Waals surface area contributed by atoms with Crippen molar-refractivity contribution in [1.29, 1.82) is 0 Å². The minimum absolute atomic E-state index is 0.0553. The van der Waals surface area contributed by atoms with E-state index in [1.807, 2.05) is 22.6 Å². The Morgan fingerprint density at radius 2 is 1.95 bits per heavy atom. The van der Waals surface area contributed by atoms with Crippen molar-refractivity contribution in [2.75, 3.05) is 0 Å². The Hall–Kier alpha value is -0.840. The summed E-state index contributed by atoms with van der Waals surface area (Å²) >= 11 is 4.03. The monoisotopic (exact) mass is 499 g/mol. The summed E-state index contributed by atoms with van der Waals surface area (Å²) in [7, 11) is 0. The second kappa shape index (κ2) is 6.29. The van der Waals surface area contributed by atoms with Crippen molar-refractivity contribution in [2.24, 2.45) is 5.92 Å². The van der Waals surface area contributed by atoms with E-state index in [4.69, 9.17) is 5.11 Å². The molecule has 1 aromatic rings. The molecule has 0 aliphatic heterocycles. The SMILES string of the molecule is O=C(NC1C=CC(C(=O)O)C1)c1cc(I)cc(I)c1O. The summed E-state index contributed by atoms with van der Waals surface area (Å²) in [5, 5.41) is 21.5. The number of amides is 1. The highest BCUT2D eigenvalue weighted by molar-refractivity contribution is 14.1. The van der Waals surface area contributed by atoms with Gasteiger partial charge in [0.15, 0.2) is 0 Å². The molecule has 1 amide bonds. The van der Waals surface area contributed by atoms with Gasteiger partial charge in [-0.2, -0.15) is 0 Å². The zero-order chi connectivity index (χ0) is 14.9. The van der Waals surface area contributed by atoms with Gasteiger partial charge >= 0.3 is 5.97 Å². The van der Waals surface area contributed by atoms with E-state index in [0.29, 0.717) is 9.99 Å². The molecule has 7 heteroatoms. The van der Waals surface area contributed by atoms with Gasteiger partial charge in [-0.25, -0.2) is 0 Å². The van der Waals surface area contributed by atoms with E-state index in [1.54, 1.807) is 24.3 Å². The highest BCUT2D eigenvalue weighted by Crippen LogP contribution is 2.27. The first-order valence-electron chi connectivity index (χ1n) is 5.78. The van der Waals surface area contributed by atoms with Crippen LogP contribution in [0.1, 0.15) is 16.8 Å². The molecule has 1 aliphatic carbocycles. The molecule has 5 nitrogen and oxygen atoms in total. The largest absolute Gasteiger partial charge is 0.506 e. The number of aromatic hydroxyl groups is 1. The Kier molecular flexibility index (Phi) is 4.89. The Bertz CT molecular complexity index is 600. The van der Waals surface area contributed by atoms with E-state index in [-0.39, 0.29) is 17.4 Å². The van der Waals surface area contributed by atoms with E-state index in [9.17, 15) is 14.7 Å². The third-order valence-electron chi connectivity index (χ3n) is 2.99. The number of aliphatic carboxylic acids is 1. The molecule has 1 aliphatic rings. The predicted molar refractivity (Wildman–Crippen MR) is 89.7 cm³/mol. The number of hydrogen-bond donors (Lipinski definition) is 3. The van der Waals surface area contributed by atoms with Gasteiger partial charge in [-0.3, -0.25) is 9.59 Å². The Balaban J connectivity index is 2.11. The lowest BCUT2D eigenvalue weighted by Crippen LogP contribution is -2.33. The number of benzene rings is 1. The maximum absolute atomic E-state index is 12.1. The zero-order valence-electron chi connectivity index (χ0n) is 10.1. The lowest BCUT2D eigenvalue weighted by molar-refractivity contribution is -0.140. The number of phenols is 1. The quantitative estimate of drug-likeness (QED) is 0.441. The minimum atomic E-state index is -0.898. The number of rotatable bonds is 3. The van der Waals surface area contributed by atoms with Gasteiger partial charge in [-0.1, -0.05) is 12.2 Å². The lowest BCUT2D eigenvalue weighted by Gasteiger charge is -2.13. The number of carboxylic acids is 1. The summed E-state index contributed by atoms with van der Waals surface area (Å²) in [6, 6.07) is 3.04. The van der Waals surface area contributed by atoms with Gasteiger partial charge in [0, 0.05) is 9.61 Å². The van der Waals surface area contributed by atoms with Crippen LogP contribution in [-0.4, -0.2) is 28.1 Å². The van der Waals surface area contributed by atoms with Crippen molar-refractivity contribution in [3.05, 3.63) is 37.0 Å². The van der Waals surface area contributed by atoms with Crippen LogP contribution in [0.25, 0.3) is 0 Å². The van der Waals surface area contributed by atoms with Crippen LogP contribution in [0.5, 0.6) is 5.75 Å². The molecular weight excluding hydrogens is 488 g/mol. The van der Waals surface area contributed by atoms with Gasteiger partial charge in [0.1, 0.15) is 5.75 Å². The lowest BCUT2D eigenvalue weighted by atomic mass is 10.1. The topological polar surface area (TPSA) is 86.6 Å². The Morgan fingerprint density at radius 3 is 2.55 bits per heavy atom. The zero-order valence-corrected chi connectivity index (χ0v) is 14.5. The standard InChI is InChI=1S/C13H11I2NO4/c14-7-4-9(11(17)10(15)5-7)12(18)16-8-2-1-6(3-8)13(19)20/h1-2,4-6,8,17H,3H2,(H,16,18)(H,19,20). The summed E-state index contributed by atoms with van der Waals surface area (Å²) in [6.45, 7) is 0. The van der Waals surface area contributed by atoms with Crippen LogP contribution in [-0.2, 0) is 4.79 Å². The second-order valence-corrected chi connectivity index (χ2v) is 6.84. The number of halogens is 2. The van der Waals surface area contributed by atoms with Crippen LogP contribution in [0.4, 0.5) is 0 Å². The fourth-order valence-corrected chi connectivity index (χ4v) is 3.82. The van der Waals surface area contributed by atoms with E-state index in [0.717, 1.165) is 3.57 Å². The molecule has 3 N–H and O–H groups in total. The predicted octanol–water partition coefficient (Wildman–Crippen LogP) is 2.36. The maximum atomic E-state index is 12.1. The van der Waals surface area contributed by atoms with Gasteiger partial charge in [0.05, 0.1) is 15.1 Å². The molecule has 0 bridgehead atoms. The summed E-state index contributed by atoms with van der Waals surface area (Å²) < 4.78 is 1.45. The number of carbonyl (C=O) groups excluding carboxylic acids is 1. The number of phenolic OH excluding ortho intramolecular Hbond substituents is 1. The van der Waals surface area contributed by atoms with Crippen molar-refractivity contribution >= 4 is 57.1 Å². The maximum Gasteiger partial charge on any atom is 0.310 e. The van der Waals surface area contributed by atoms with E-state index in [2.05, 4.69) is 27.9 Å². The summed E-state index contributed by atoms with van der Waals surface area (Å²) in [5.74, 6) is -1.92. The third-order valence-corrected chi connectivity index (χ3v) is 4.44. The third kappa shape index (κ3) is 3.43. The molecule has 0 aromatic heterocycles. The van der Waals surface area contributed by atoms with Crippen LogP contribution < -0.4 is 5.32 Å². The number of carboxylic acid groups (broad SMARTS) is 1. The second-order valence-electron chi connectivity index (χ2n) is 4.43. The fraction of sp³-hybridized carbons (Fsp3) is 0.231. The molecule has 2 unspecified atom stereocenters. The summed E-state index contributed by atoms with van der Waals surface area (Å²) in [6.07, 6.45) is 3.58. The highest BCUT2D eigenvalue weighted by atomic mass is 127. The van der Waals surface area contributed by atoms with Crippen molar-refractivity contribution in [2.45, 2.75) is 12.5 Å². The van der Waals surface area contributed by atoms with Crippen molar-refractivity contribution in [3.63, 3.8) is 0 Å². The van der Waals surface area contributed by atoms with Gasteiger partial charge in [-0.15, -0.1) is 0 Å². The van der Waals surface area contributed by atoms with Crippen molar-refractivity contribution in [3.8, 4) is 5.75 Å². The van der Waals surface area contributed by atoms with Gasteiger partial charge in [0.2, 0.25) is 0 Å². The normalized spacial score (nSPS) is 20.9. The molecule has 0 heterocycles. The number of nitrogens with one attached hydrogen (secondary N) is 1. The molecular formula is C13H11I2NO4. The molecule has 1 aromatic carbocycles. The fourth-order valence-electron chi connectivity index (χ4n) is 1.97.